The zero-order chi connectivity index (χ0) is 10.4. The van der Waals surface area contributed by atoms with Crippen LogP contribution in [0, 0.1) is 0 Å². The highest BCUT2D eigenvalue weighted by Gasteiger charge is 2.07. The number of halogens is 2. The second-order valence-corrected chi connectivity index (χ2v) is 5.76. The molecule has 0 saturated heterocycles. The lowest BCUT2D eigenvalue weighted by molar-refractivity contribution is 1.77. The van der Waals surface area contributed by atoms with E-state index in [-0.39, 0.29) is 0 Å². The molecule has 0 N–H and O–H groups in total. The summed E-state index contributed by atoms with van der Waals surface area (Å²) in [5.41, 5.74) is 0. The Hall–Kier alpha value is -0.570. The van der Waals surface area contributed by atoms with E-state index in [2.05, 4.69) is 40.2 Å². The number of fused-ring (bicyclic) bond motifs is 3. The van der Waals surface area contributed by atoms with Gasteiger partial charge in [-0.3, -0.25) is 0 Å². The van der Waals surface area contributed by atoms with Gasteiger partial charge in [0.25, 0.3) is 0 Å². The highest BCUT2D eigenvalue weighted by molar-refractivity contribution is 9.10. The third-order valence-electron chi connectivity index (χ3n) is 2.41. The van der Waals surface area contributed by atoms with Crippen molar-refractivity contribution in [2.24, 2.45) is 0 Å². The maximum Gasteiger partial charge on any atom is 0.0499 e. The molecule has 0 fully saturated rings. The molecular weight excluding hydrogens is 292 g/mol. The van der Waals surface area contributed by atoms with E-state index in [1.807, 2.05) is 12.1 Å². The quantitative estimate of drug-likeness (QED) is 0.516. The molecule has 0 atom stereocenters. The van der Waals surface area contributed by atoms with Gasteiger partial charge in [0.05, 0.1) is 0 Å². The predicted molar refractivity (Wildman–Crippen MR) is 72.0 cm³/mol. The largest absolute Gasteiger partial charge is 0.135 e. The van der Waals surface area contributed by atoms with Crippen LogP contribution in [0.25, 0.3) is 20.2 Å². The molecule has 0 saturated carbocycles. The molecule has 1 aromatic heterocycles. The lowest BCUT2D eigenvalue weighted by Gasteiger charge is -1.95. The van der Waals surface area contributed by atoms with Crippen molar-refractivity contribution in [3.63, 3.8) is 0 Å². The maximum atomic E-state index is 6.22. The van der Waals surface area contributed by atoms with Crippen molar-refractivity contribution in [2.45, 2.75) is 0 Å². The van der Waals surface area contributed by atoms with Gasteiger partial charge in [0.2, 0.25) is 0 Å². The summed E-state index contributed by atoms with van der Waals surface area (Å²) in [6.45, 7) is 0. The fraction of sp³-hybridized carbons (Fsp3) is 0. The van der Waals surface area contributed by atoms with Gasteiger partial charge in [0.15, 0.2) is 0 Å². The van der Waals surface area contributed by atoms with Crippen LogP contribution in [-0.4, -0.2) is 0 Å². The second kappa shape index (κ2) is 3.48. The first-order valence-corrected chi connectivity index (χ1v) is 6.51. The van der Waals surface area contributed by atoms with Gasteiger partial charge < -0.3 is 0 Å². The molecule has 0 aliphatic carbocycles. The minimum Gasteiger partial charge on any atom is -0.135 e. The molecule has 1 heterocycles. The van der Waals surface area contributed by atoms with Crippen molar-refractivity contribution in [1.29, 1.82) is 0 Å². The summed E-state index contributed by atoms with van der Waals surface area (Å²) < 4.78 is 3.62. The predicted octanol–water partition coefficient (Wildman–Crippen LogP) is 5.47. The van der Waals surface area contributed by atoms with E-state index in [1.54, 1.807) is 11.3 Å². The average Bonchev–Trinajstić information content (AvgIpc) is 2.57. The van der Waals surface area contributed by atoms with Crippen molar-refractivity contribution in [3.05, 3.63) is 45.9 Å². The Morgan fingerprint density at radius 2 is 1.93 bits per heavy atom. The van der Waals surface area contributed by atoms with Gasteiger partial charge in [-0.05, 0) is 30.3 Å². The molecule has 0 radical (unpaired) electrons. The number of benzene rings is 2. The van der Waals surface area contributed by atoms with E-state index in [1.165, 1.54) is 20.2 Å². The van der Waals surface area contributed by atoms with Crippen LogP contribution in [0.1, 0.15) is 0 Å². The zero-order valence-corrected chi connectivity index (χ0v) is 10.8. The van der Waals surface area contributed by atoms with Crippen molar-refractivity contribution in [3.8, 4) is 0 Å². The molecular formula is C12H6BrClS. The fourth-order valence-electron chi connectivity index (χ4n) is 1.76. The Kier molecular flexibility index (Phi) is 2.23. The first-order chi connectivity index (χ1) is 7.25. The number of thiophene rings is 1. The first-order valence-electron chi connectivity index (χ1n) is 4.52. The van der Waals surface area contributed by atoms with E-state index in [0.717, 1.165) is 9.50 Å². The minimum absolute atomic E-state index is 0.830. The van der Waals surface area contributed by atoms with E-state index in [9.17, 15) is 0 Å². The third kappa shape index (κ3) is 1.48. The van der Waals surface area contributed by atoms with Crippen LogP contribution in [0.15, 0.2) is 40.9 Å². The summed E-state index contributed by atoms with van der Waals surface area (Å²) in [4.78, 5) is 0. The molecule has 0 aliphatic heterocycles. The monoisotopic (exact) mass is 296 g/mol. The van der Waals surface area contributed by atoms with Gasteiger partial charge >= 0.3 is 0 Å². The lowest BCUT2D eigenvalue weighted by atomic mass is 10.1. The molecule has 3 rings (SSSR count). The van der Waals surface area contributed by atoms with Gasteiger partial charge in [0, 0.05) is 29.7 Å². The number of hydrogen-bond acceptors (Lipinski definition) is 1. The van der Waals surface area contributed by atoms with Crippen molar-refractivity contribution >= 4 is 59.0 Å². The maximum absolute atomic E-state index is 6.22. The van der Waals surface area contributed by atoms with Crippen LogP contribution in [0.2, 0.25) is 5.02 Å². The Morgan fingerprint density at radius 3 is 2.80 bits per heavy atom. The second-order valence-electron chi connectivity index (χ2n) is 3.36. The summed E-state index contributed by atoms with van der Waals surface area (Å²) in [6.07, 6.45) is 0. The van der Waals surface area contributed by atoms with E-state index >= 15 is 0 Å². The Labute approximate surface area is 105 Å². The Bertz CT molecular complexity index is 657. The lowest BCUT2D eigenvalue weighted by Crippen LogP contribution is -1.69. The van der Waals surface area contributed by atoms with Gasteiger partial charge in [0.1, 0.15) is 0 Å². The highest BCUT2D eigenvalue weighted by Crippen LogP contribution is 2.38. The third-order valence-corrected chi connectivity index (χ3v) is 4.35. The Balaban J connectivity index is 2.61. The SMILES string of the molecule is Clc1cccc2sc3ccc(Br)cc3c12. The molecule has 0 nitrogen and oxygen atoms in total. The molecule has 3 aromatic rings. The Morgan fingerprint density at radius 1 is 1.07 bits per heavy atom. The van der Waals surface area contributed by atoms with Crippen LogP contribution in [-0.2, 0) is 0 Å². The molecule has 15 heavy (non-hydrogen) atoms. The van der Waals surface area contributed by atoms with Crippen LogP contribution >= 0.6 is 38.9 Å². The molecule has 0 spiro atoms. The molecule has 0 bridgehead atoms. The van der Waals surface area contributed by atoms with Crippen LogP contribution < -0.4 is 0 Å². The zero-order valence-electron chi connectivity index (χ0n) is 7.63. The summed E-state index contributed by atoms with van der Waals surface area (Å²) in [5, 5.41) is 3.23. The van der Waals surface area contributed by atoms with Crippen molar-refractivity contribution < 1.29 is 0 Å². The van der Waals surface area contributed by atoms with E-state index in [0.29, 0.717) is 0 Å². The topological polar surface area (TPSA) is 0 Å². The molecule has 3 heteroatoms. The summed E-state index contributed by atoms with van der Waals surface area (Å²) >= 11 is 11.5. The van der Waals surface area contributed by atoms with Crippen molar-refractivity contribution in [1.82, 2.24) is 0 Å². The molecule has 2 aromatic carbocycles. The smallest absolute Gasteiger partial charge is 0.0499 e. The van der Waals surface area contributed by atoms with Gasteiger partial charge in [-0.15, -0.1) is 11.3 Å². The number of rotatable bonds is 0. The number of hydrogen-bond donors (Lipinski definition) is 0. The molecule has 0 aliphatic rings. The molecule has 0 amide bonds. The van der Waals surface area contributed by atoms with Gasteiger partial charge in [-0.1, -0.05) is 33.6 Å². The van der Waals surface area contributed by atoms with E-state index in [4.69, 9.17) is 11.6 Å². The van der Waals surface area contributed by atoms with Crippen LogP contribution in [0.5, 0.6) is 0 Å². The van der Waals surface area contributed by atoms with E-state index < -0.39 is 0 Å². The van der Waals surface area contributed by atoms with Crippen LogP contribution in [0.3, 0.4) is 0 Å². The standard InChI is InChI=1S/C12H6BrClS/c13-7-4-5-10-8(6-7)12-9(14)2-1-3-11(12)15-10/h1-6H. The summed E-state index contributed by atoms with van der Waals surface area (Å²) in [6, 6.07) is 12.4. The normalized spacial score (nSPS) is 11.3. The molecule has 74 valence electrons. The fourth-order valence-corrected chi connectivity index (χ4v) is 3.56. The molecule has 0 unspecified atom stereocenters. The summed E-state index contributed by atoms with van der Waals surface area (Å²) in [7, 11) is 0. The first kappa shape index (κ1) is 9.64. The van der Waals surface area contributed by atoms with Gasteiger partial charge in [-0.2, -0.15) is 0 Å². The average molecular weight is 298 g/mol. The van der Waals surface area contributed by atoms with Crippen molar-refractivity contribution in [2.75, 3.05) is 0 Å². The minimum atomic E-state index is 0.830. The highest BCUT2D eigenvalue weighted by atomic mass is 79.9. The van der Waals surface area contributed by atoms with Gasteiger partial charge in [-0.25, -0.2) is 0 Å². The summed E-state index contributed by atoms with van der Waals surface area (Å²) in [5.74, 6) is 0. The van der Waals surface area contributed by atoms with Crippen LogP contribution in [0.4, 0.5) is 0 Å².